The van der Waals surface area contributed by atoms with Crippen LogP contribution in [0.1, 0.15) is 41.7 Å². The van der Waals surface area contributed by atoms with Crippen LogP contribution in [0.5, 0.6) is 0 Å². The van der Waals surface area contributed by atoms with Gasteiger partial charge in [0.05, 0.1) is 0 Å². The summed E-state index contributed by atoms with van der Waals surface area (Å²) in [5.74, 6) is 2.55. The maximum Gasteiger partial charge on any atom is -0.0119 e. The highest BCUT2D eigenvalue weighted by molar-refractivity contribution is 7.50. The lowest BCUT2D eigenvalue weighted by Gasteiger charge is -2.13. The van der Waals surface area contributed by atoms with E-state index in [-0.39, 0.29) is 0 Å². The Morgan fingerprint density at radius 1 is 1.11 bits per heavy atom. The molecular formula is C26H29P. The maximum atomic E-state index is 5.31. The van der Waals surface area contributed by atoms with Gasteiger partial charge in [0, 0.05) is 0 Å². The summed E-state index contributed by atoms with van der Waals surface area (Å²) in [6, 6.07) is 15.3. The summed E-state index contributed by atoms with van der Waals surface area (Å²) >= 11 is 0. The third kappa shape index (κ3) is 5.82. The van der Waals surface area contributed by atoms with Crippen molar-refractivity contribution in [1.82, 2.24) is 0 Å². The number of hydrogen-bond donors (Lipinski definition) is 0. The minimum Gasteiger partial charge on any atom is -0.115 e. The number of terminal acetylenes is 1. The van der Waals surface area contributed by atoms with Crippen molar-refractivity contribution in [2.24, 2.45) is 0 Å². The fourth-order valence-electron chi connectivity index (χ4n) is 3.10. The third-order valence-electron chi connectivity index (χ3n) is 5.00. The van der Waals surface area contributed by atoms with Gasteiger partial charge in [-0.15, -0.1) is 6.42 Å². The standard InChI is InChI=1S/C26H29P/c1-7-8-11-19(2)22(5)25-14-15-26(21(4)18-25)23(6)27-17-16-24-13-10-9-12-20(24)3/h1,8-15,18,27H,6,16-17H2,2-5H3/b11-8-,22-19+. The predicted molar refractivity (Wildman–Crippen MR) is 125 cm³/mol. The van der Waals surface area contributed by atoms with Gasteiger partial charge in [0.25, 0.3) is 0 Å². The molecule has 0 aliphatic carbocycles. The topological polar surface area (TPSA) is 0 Å². The molecule has 1 unspecified atom stereocenters. The van der Waals surface area contributed by atoms with Crippen LogP contribution in [0.4, 0.5) is 0 Å². The molecule has 0 saturated carbocycles. The van der Waals surface area contributed by atoms with Crippen LogP contribution in [0.15, 0.2) is 66.8 Å². The van der Waals surface area contributed by atoms with Gasteiger partial charge < -0.3 is 0 Å². The first-order chi connectivity index (χ1) is 12.9. The van der Waals surface area contributed by atoms with Crippen molar-refractivity contribution in [2.45, 2.75) is 34.1 Å². The van der Waals surface area contributed by atoms with Gasteiger partial charge in [-0.1, -0.05) is 69.6 Å². The number of rotatable bonds is 7. The zero-order valence-electron chi connectivity index (χ0n) is 16.9. The lowest BCUT2D eigenvalue weighted by molar-refractivity contribution is 1.12. The molecule has 27 heavy (non-hydrogen) atoms. The molecule has 0 bridgehead atoms. The Bertz CT molecular complexity index is 919. The van der Waals surface area contributed by atoms with Crippen LogP contribution in [0.25, 0.3) is 10.9 Å². The van der Waals surface area contributed by atoms with Gasteiger partial charge >= 0.3 is 0 Å². The van der Waals surface area contributed by atoms with E-state index in [0.29, 0.717) is 0 Å². The van der Waals surface area contributed by atoms with E-state index >= 15 is 0 Å². The van der Waals surface area contributed by atoms with E-state index in [4.69, 9.17) is 6.42 Å². The van der Waals surface area contributed by atoms with Crippen LogP contribution in [-0.2, 0) is 6.42 Å². The van der Waals surface area contributed by atoms with Crippen molar-refractivity contribution in [3.05, 3.63) is 94.6 Å². The Labute approximate surface area is 166 Å². The zero-order chi connectivity index (χ0) is 19.8. The first-order valence-corrected chi connectivity index (χ1v) is 10.5. The van der Waals surface area contributed by atoms with Crippen LogP contribution < -0.4 is 0 Å². The predicted octanol–water partition coefficient (Wildman–Crippen LogP) is 7.18. The smallest absolute Gasteiger partial charge is 0.0119 e. The van der Waals surface area contributed by atoms with Gasteiger partial charge in [-0.3, -0.25) is 0 Å². The second-order valence-corrected chi connectivity index (χ2v) is 8.38. The molecule has 2 aromatic carbocycles. The zero-order valence-corrected chi connectivity index (χ0v) is 17.9. The van der Waals surface area contributed by atoms with Gasteiger partial charge in [-0.05, 0) is 90.6 Å². The van der Waals surface area contributed by atoms with Crippen LogP contribution in [0.3, 0.4) is 0 Å². The van der Waals surface area contributed by atoms with Crippen LogP contribution in [0.2, 0.25) is 0 Å². The highest BCUT2D eigenvalue weighted by atomic mass is 31.1. The Balaban J connectivity index is 2.06. The average molecular weight is 372 g/mol. The van der Waals surface area contributed by atoms with E-state index in [9.17, 15) is 0 Å². The van der Waals surface area contributed by atoms with Gasteiger partial charge in [0.15, 0.2) is 0 Å². The lowest BCUT2D eigenvalue weighted by atomic mass is 9.97. The fourth-order valence-corrected chi connectivity index (χ4v) is 4.26. The molecule has 0 saturated heterocycles. The fraction of sp³-hybridized carbons (Fsp3) is 0.231. The molecule has 1 heteroatoms. The second-order valence-electron chi connectivity index (χ2n) is 6.92. The minimum absolute atomic E-state index is 0.748. The van der Waals surface area contributed by atoms with Crippen LogP contribution >= 0.6 is 8.58 Å². The Hall–Kier alpha value is -2.35. The maximum absolute atomic E-state index is 5.31. The summed E-state index contributed by atoms with van der Waals surface area (Å²) in [5.41, 5.74) is 9.08. The van der Waals surface area contributed by atoms with Crippen molar-refractivity contribution in [1.29, 1.82) is 0 Å². The number of allylic oxidation sites excluding steroid dienone is 4. The van der Waals surface area contributed by atoms with E-state index < -0.39 is 0 Å². The molecule has 0 heterocycles. The molecule has 2 rings (SSSR count). The van der Waals surface area contributed by atoms with E-state index in [1.165, 1.54) is 44.3 Å². The number of hydrogen-bond acceptors (Lipinski definition) is 0. The van der Waals surface area contributed by atoms with Crippen LogP contribution in [-0.4, -0.2) is 6.16 Å². The molecule has 0 spiro atoms. The molecular weight excluding hydrogens is 343 g/mol. The molecule has 0 aliphatic heterocycles. The van der Waals surface area contributed by atoms with Crippen LogP contribution in [0, 0.1) is 26.2 Å². The molecule has 0 aliphatic rings. The Kier molecular flexibility index (Phi) is 7.84. The van der Waals surface area contributed by atoms with Gasteiger partial charge in [0.2, 0.25) is 0 Å². The van der Waals surface area contributed by atoms with Crippen molar-refractivity contribution < 1.29 is 0 Å². The van der Waals surface area contributed by atoms with Gasteiger partial charge in [-0.2, -0.15) is 0 Å². The average Bonchev–Trinajstić information content (AvgIpc) is 2.66. The summed E-state index contributed by atoms with van der Waals surface area (Å²) in [7, 11) is 0.748. The monoisotopic (exact) mass is 372 g/mol. The van der Waals surface area contributed by atoms with Gasteiger partial charge in [-0.25, -0.2) is 0 Å². The highest BCUT2D eigenvalue weighted by Gasteiger charge is 2.07. The van der Waals surface area contributed by atoms with E-state index in [1.807, 2.05) is 6.08 Å². The number of aryl methyl sites for hydroxylation is 3. The quantitative estimate of drug-likeness (QED) is 0.274. The normalized spacial score (nSPS) is 12.4. The summed E-state index contributed by atoms with van der Waals surface area (Å²) < 4.78 is 0. The Morgan fingerprint density at radius 2 is 1.85 bits per heavy atom. The van der Waals surface area contributed by atoms with Crippen molar-refractivity contribution >= 4 is 19.5 Å². The highest BCUT2D eigenvalue weighted by Crippen LogP contribution is 2.35. The second kappa shape index (κ2) is 10.1. The summed E-state index contributed by atoms with van der Waals surface area (Å²) in [6.07, 6.45) is 11.3. The first-order valence-electron chi connectivity index (χ1n) is 9.33. The van der Waals surface area contributed by atoms with E-state index in [0.717, 1.165) is 21.2 Å². The summed E-state index contributed by atoms with van der Waals surface area (Å²) in [5, 5.41) is 1.25. The molecule has 2 aromatic rings. The third-order valence-corrected chi connectivity index (χ3v) is 6.20. The summed E-state index contributed by atoms with van der Waals surface area (Å²) in [4.78, 5) is 0. The van der Waals surface area contributed by atoms with Gasteiger partial charge in [0.1, 0.15) is 0 Å². The Morgan fingerprint density at radius 3 is 2.52 bits per heavy atom. The molecule has 0 amide bonds. The van der Waals surface area contributed by atoms with Crippen molar-refractivity contribution in [3.8, 4) is 12.3 Å². The first kappa shape index (κ1) is 21.0. The molecule has 138 valence electrons. The SMILES string of the molecule is C#C/C=C\C(C)=C(/C)c1ccc(C(=C)PCCc2ccccc2C)c(C)c1. The molecule has 0 N–H and O–H groups in total. The lowest BCUT2D eigenvalue weighted by Crippen LogP contribution is -1.93. The van der Waals surface area contributed by atoms with E-state index in [1.54, 1.807) is 6.08 Å². The van der Waals surface area contributed by atoms with Crippen molar-refractivity contribution in [2.75, 3.05) is 6.16 Å². The van der Waals surface area contributed by atoms with E-state index in [2.05, 4.69) is 82.7 Å². The molecule has 1 atom stereocenters. The number of benzene rings is 2. The molecule has 0 aromatic heterocycles. The molecule has 0 fully saturated rings. The molecule has 0 radical (unpaired) electrons. The van der Waals surface area contributed by atoms with Crippen molar-refractivity contribution in [3.63, 3.8) is 0 Å². The largest absolute Gasteiger partial charge is 0.115 e. The minimum atomic E-state index is 0.748. The molecule has 0 nitrogen and oxygen atoms in total. The summed E-state index contributed by atoms with van der Waals surface area (Å²) in [6.45, 7) is 13.0.